The summed E-state index contributed by atoms with van der Waals surface area (Å²) >= 11 is 0. The van der Waals surface area contributed by atoms with Crippen LogP contribution in [0.15, 0.2) is 48.8 Å². The van der Waals surface area contributed by atoms with E-state index >= 15 is 0 Å². The monoisotopic (exact) mass is 486 g/mol. The Labute approximate surface area is 211 Å². The quantitative estimate of drug-likeness (QED) is 0.0711. The molecule has 3 nitrogen and oxygen atoms in total. The summed E-state index contributed by atoms with van der Waals surface area (Å²) < 4.78 is 0. The highest BCUT2D eigenvalue weighted by Gasteiger charge is 2.22. The number of carbonyl (C=O) groups is 1. The van der Waals surface area contributed by atoms with Gasteiger partial charge in [0.15, 0.2) is 0 Å². The predicted molar refractivity (Wildman–Crippen MR) is 149 cm³/mol. The molecule has 0 N–H and O–H groups in total. The lowest BCUT2D eigenvalue weighted by atomic mass is 10.0. The first kappa shape index (κ1) is 30.4. The van der Waals surface area contributed by atoms with E-state index in [2.05, 4.69) is 26.6 Å². The van der Waals surface area contributed by atoms with Gasteiger partial charge in [-0.2, -0.15) is 4.89 Å². The smallest absolute Gasteiger partial charge is 0.293 e. The Morgan fingerprint density at radius 2 is 1.15 bits per heavy atom. The number of hydrogen-bond donors (Lipinski definition) is 0. The third kappa shape index (κ3) is 13.3. The normalized spacial score (nSPS) is 11.4. The van der Waals surface area contributed by atoms with Gasteiger partial charge in [0.1, 0.15) is 8.07 Å². The number of unbranched alkanes of at least 4 members (excludes halogenated alkanes) is 15. The molecule has 192 valence electrons. The van der Waals surface area contributed by atoms with Crippen molar-refractivity contribution in [3.8, 4) is 0 Å². The number of carbonyl (C=O) groups excluding carboxylic acids is 1. The molecule has 0 saturated heterocycles. The summed E-state index contributed by atoms with van der Waals surface area (Å²) in [6.45, 7) is 12.8. The second kappa shape index (κ2) is 19.6. The zero-order chi connectivity index (χ0) is 24.9. The molecule has 0 saturated carbocycles. The van der Waals surface area contributed by atoms with Crippen molar-refractivity contribution < 1.29 is 14.6 Å². The standard InChI is InChI=1S/C30H50O3Si/c1-5-8-9-10-11-12-13-14-15-16-17-18-19-20-21-22-27-32-33-30(31)28-23-25-29(26-24-28)34(4,6-2)7-3/h6-7,23-26H,2-3,5,8-22,27H2,1,4H3. The fraction of sp³-hybridized carbons (Fsp3) is 0.633. The van der Waals surface area contributed by atoms with Gasteiger partial charge < -0.3 is 0 Å². The molecule has 0 atom stereocenters. The summed E-state index contributed by atoms with van der Waals surface area (Å²) in [5.74, 6) is -0.441. The van der Waals surface area contributed by atoms with Crippen molar-refractivity contribution in [3.05, 3.63) is 54.4 Å². The van der Waals surface area contributed by atoms with Crippen molar-refractivity contribution in [1.82, 2.24) is 0 Å². The highest BCUT2D eigenvalue weighted by atomic mass is 28.3. The van der Waals surface area contributed by atoms with Gasteiger partial charge in [-0.1, -0.05) is 139 Å². The Balaban J connectivity index is 1.94. The van der Waals surface area contributed by atoms with Crippen molar-refractivity contribution in [2.45, 2.75) is 116 Å². The summed E-state index contributed by atoms with van der Waals surface area (Å²) in [6, 6.07) is 7.49. The zero-order valence-electron chi connectivity index (χ0n) is 22.1. The molecule has 0 amide bonds. The SMILES string of the molecule is C=C[Si](C)(C=C)c1ccc(C(=O)OOCCCCCCCCCCCCCCCCCC)cc1. The van der Waals surface area contributed by atoms with E-state index in [1.807, 2.05) is 23.5 Å². The lowest BCUT2D eigenvalue weighted by Crippen LogP contribution is -2.40. The van der Waals surface area contributed by atoms with Gasteiger partial charge in [0.25, 0.3) is 0 Å². The van der Waals surface area contributed by atoms with Crippen LogP contribution in [0.3, 0.4) is 0 Å². The van der Waals surface area contributed by atoms with E-state index in [0.717, 1.165) is 12.8 Å². The maximum Gasteiger partial charge on any atom is 0.373 e. The summed E-state index contributed by atoms with van der Waals surface area (Å²) in [5, 5.41) is 1.17. The van der Waals surface area contributed by atoms with Crippen molar-refractivity contribution in [2.75, 3.05) is 6.61 Å². The predicted octanol–water partition coefficient (Wildman–Crippen LogP) is 8.77. The molecule has 34 heavy (non-hydrogen) atoms. The first-order chi connectivity index (χ1) is 16.6. The van der Waals surface area contributed by atoms with E-state index in [1.165, 1.54) is 95.1 Å². The summed E-state index contributed by atoms with van der Waals surface area (Å²) in [6.07, 6.45) is 21.4. The average Bonchev–Trinajstić information content (AvgIpc) is 2.87. The second-order valence-corrected chi connectivity index (χ2v) is 13.7. The minimum absolute atomic E-state index is 0.441. The minimum Gasteiger partial charge on any atom is -0.293 e. The Morgan fingerprint density at radius 1 is 0.735 bits per heavy atom. The van der Waals surface area contributed by atoms with E-state index in [9.17, 15) is 4.79 Å². The van der Waals surface area contributed by atoms with Gasteiger partial charge in [-0.3, -0.25) is 4.89 Å². The topological polar surface area (TPSA) is 35.5 Å². The highest BCUT2D eigenvalue weighted by molar-refractivity contribution is 6.98. The molecule has 1 aromatic carbocycles. The molecule has 0 aromatic heterocycles. The van der Waals surface area contributed by atoms with Crippen molar-refractivity contribution in [2.24, 2.45) is 0 Å². The molecular weight excluding hydrogens is 436 g/mol. The Morgan fingerprint density at radius 3 is 1.56 bits per heavy atom. The molecule has 1 aromatic rings. The van der Waals surface area contributed by atoms with E-state index in [4.69, 9.17) is 9.78 Å². The van der Waals surface area contributed by atoms with Gasteiger partial charge in [0.05, 0.1) is 12.2 Å². The van der Waals surface area contributed by atoms with Crippen LogP contribution in [0.2, 0.25) is 6.55 Å². The number of rotatable bonds is 22. The molecule has 0 unspecified atom stereocenters. The van der Waals surface area contributed by atoms with Gasteiger partial charge in [-0.25, -0.2) is 4.79 Å². The van der Waals surface area contributed by atoms with Crippen LogP contribution in [-0.4, -0.2) is 20.7 Å². The molecular formula is C30H50O3Si. The van der Waals surface area contributed by atoms with Crippen LogP contribution in [-0.2, 0) is 9.78 Å². The van der Waals surface area contributed by atoms with E-state index < -0.39 is 14.0 Å². The van der Waals surface area contributed by atoms with Crippen molar-refractivity contribution in [1.29, 1.82) is 0 Å². The van der Waals surface area contributed by atoms with E-state index in [0.29, 0.717) is 12.2 Å². The zero-order valence-corrected chi connectivity index (χ0v) is 23.1. The molecule has 0 aliphatic rings. The lowest BCUT2D eigenvalue weighted by Gasteiger charge is -2.19. The fourth-order valence-electron chi connectivity index (χ4n) is 4.14. The Hall–Kier alpha value is -1.65. The Kier molecular flexibility index (Phi) is 17.5. The fourth-order valence-corrected chi connectivity index (χ4v) is 5.66. The molecule has 0 spiro atoms. The lowest BCUT2D eigenvalue weighted by molar-refractivity contribution is -0.241. The van der Waals surface area contributed by atoms with Crippen LogP contribution < -0.4 is 5.19 Å². The van der Waals surface area contributed by atoms with Crippen LogP contribution in [0.4, 0.5) is 0 Å². The third-order valence-electron chi connectivity index (χ3n) is 6.81. The third-order valence-corrected chi connectivity index (χ3v) is 10.1. The number of benzene rings is 1. The molecule has 0 aliphatic heterocycles. The van der Waals surface area contributed by atoms with E-state index in [1.54, 1.807) is 12.1 Å². The molecule has 0 aliphatic carbocycles. The summed E-state index contributed by atoms with van der Waals surface area (Å²) in [7, 11) is -1.85. The van der Waals surface area contributed by atoms with Gasteiger partial charge in [0, 0.05) is 0 Å². The summed E-state index contributed by atoms with van der Waals surface area (Å²) in [4.78, 5) is 22.2. The maximum absolute atomic E-state index is 12.1. The average molecular weight is 487 g/mol. The summed E-state index contributed by atoms with van der Waals surface area (Å²) in [5.41, 5.74) is 4.46. The number of hydrogen-bond acceptors (Lipinski definition) is 3. The van der Waals surface area contributed by atoms with Crippen LogP contribution >= 0.6 is 0 Å². The van der Waals surface area contributed by atoms with E-state index in [-0.39, 0.29) is 0 Å². The van der Waals surface area contributed by atoms with Gasteiger partial charge in [-0.05, 0) is 18.6 Å². The van der Waals surface area contributed by atoms with Crippen LogP contribution in [0.1, 0.15) is 120 Å². The largest absolute Gasteiger partial charge is 0.373 e. The minimum atomic E-state index is -1.85. The van der Waals surface area contributed by atoms with Crippen LogP contribution in [0, 0.1) is 0 Å². The van der Waals surface area contributed by atoms with Gasteiger partial charge >= 0.3 is 5.97 Å². The van der Waals surface area contributed by atoms with Gasteiger partial charge in [-0.15, -0.1) is 13.2 Å². The van der Waals surface area contributed by atoms with Gasteiger partial charge in [0.2, 0.25) is 0 Å². The maximum atomic E-state index is 12.1. The van der Waals surface area contributed by atoms with Crippen LogP contribution in [0.5, 0.6) is 0 Å². The van der Waals surface area contributed by atoms with Crippen molar-refractivity contribution in [3.63, 3.8) is 0 Å². The molecule has 0 fully saturated rings. The van der Waals surface area contributed by atoms with Crippen molar-refractivity contribution >= 4 is 19.2 Å². The highest BCUT2D eigenvalue weighted by Crippen LogP contribution is 2.14. The first-order valence-corrected chi connectivity index (χ1v) is 16.4. The molecule has 1 rings (SSSR count). The molecule has 4 heteroatoms. The first-order valence-electron chi connectivity index (χ1n) is 13.8. The molecule has 0 bridgehead atoms. The second-order valence-electron chi connectivity index (χ2n) is 9.76. The molecule has 0 radical (unpaired) electrons. The Bertz CT molecular complexity index is 660. The van der Waals surface area contributed by atoms with Crippen LogP contribution in [0.25, 0.3) is 0 Å². The molecule has 0 heterocycles.